The van der Waals surface area contributed by atoms with Crippen molar-refractivity contribution < 1.29 is 9.59 Å². The van der Waals surface area contributed by atoms with Crippen LogP contribution in [0.15, 0.2) is 78.9 Å². The maximum atomic E-state index is 12.8. The average Bonchev–Trinajstić information content (AvgIpc) is 3.15. The van der Waals surface area contributed by atoms with E-state index in [2.05, 4.69) is 0 Å². The third-order valence-electron chi connectivity index (χ3n) is 5.13. The lowest BCUT2D eigenvalue weighted by Crippen LogP contribution is -2.28. The van der Waals surface area contributed by atoms with Gasteiger partial charge in [0.25, 0.3) is 5.91 Å². The maximum Gasteiger partial charge on any atom is 0.258 e. The summed E-state index contributed by atoms with van der Waals surface area (Å²) >= 11 is 7.57. The van der Waals surface area contributed by atoms with Gasteiger partial charge < -0.3 is 9.80 Å². The molecule has 0 bridgehead atoms. The fourth-order valence-electron chi connectivity index (χ4n) is 3.44. The molecule has 1 saturated heterocycles. The summed E-state index contributed by atoms with van der Waals surface area (Å²) in [4.78, 5) is 28.8. The summed E-state index contributed by atoms with van der Waals surface area (Å²) in [5.41, 5.74) is 3.51. The van der Waals surface area contributed by atoms with Crippen LogP contribution in [0.1, 0.15) is 26.9 Å². The number of halogens is 1. The Morgan fingerprint density at radius 3 is 2.37 bits per heavy atom. The van der Waals surface area contributed by atoms with Crippen molar-refractivity contribution >= 4 is 40.9 Å². The molecular formula is C24H21ClN2O2S. The van der Waals surface area contributed by atoms with E-state index in [0.717, 1.165) is 16.8 Å². The average molecular weight is 437 g/mol. The number of para-hydroxylation sites is 1. The number of amides is 2. The Kier molecular flexibility index (Phi) is 6.11. The van der Waals surface area contributed by atoms with Crippen molar-refractivity contribution in [2.45, 2.75) is 11.9 Å². The van der Waals surface area contributed by atoms with Gasteiger partial charge in [-0.3, -0.25) is 9.59 Å². The molecule has 0 spiro atoms. The molecule has 0 saturated carbocycles. The fraction of sp³-hybridized carbons (Fsp3) is 0.167. The molecule has 30 heavy (non-hydrogen) atoms. The van der Waals surface area contributed by atoms with Gasteiger partial charge in [0.15, 0.2) is 0 Å². The van der Waals surface area contributed by atoms with E-state index in [1.807, 2.05) is 83.8 Å². The van der Waals surface area contributed by atoms with Gasteiger partial charge in [-0.05, 0) is 47.5 Å². The smallest absolute Gasteiger partial charge is 0.258 e. The van der Waals surface area contributed by atoms with Gasteiger partial charge in [-0.1, -0.05) is 54.1 Å². The molecule has 6 heteroatoms. The van der Waals surface area contributed by atoms with Crippen molar-refractivity contribution in [2.24, 2.45) is 0 Å². The number of anilines is 1. The first-order valence-corrected chi connectivity index (χ1v) is 11.0. The number of benzene rings is 3. The quantitative estimate of drug-likeness (QED) is 0.538. The molecule has 0 unspecified atom stereocenters. The normalized spacial score (nSPS) is 16.0. The lowest BCUT2D eigenvalue weighted by atomic mass is 10.1. The van der Waals surface area contributed by atoms with Crippen molar-refractivity contribution in [3.8, 4) is 0 Å². The van der Waals surface area contributed by atoms with E-state index in [9.17, 15) is 9.59 Å². The minimum atomic E-state index is -0.0686. The van der Waals surface area contributed by atoms with Crippen LogP contribution in [0, 0.1) is 0 Å². The summed E-state index contributed by atoms with van der Waals surface area (Å²) in [5, 5.41) is 0.613. The van der Waals surface area contributed by atoms with E-state index < -0.39 is 0 Å². The van der Waals surface area contributed by atoms with Gasteiger partial charge in [0.2, 0.25) is 5.91 Å². The number of carbonyl (C=O) groups is 2. The van der Waals surface area contributed by atoms with E-state index in [4.69, 9.17) is 11.6 Å². The number of rotatable bonds is 5. The van der Waals surface area contributed by atoms with Crippen molar-refractivity contribution in [3.63, 3.8) is 0 Å². The molecule has 152 valence electrons. The molecule has 0 radical (unpaired) electrons. The molecule has 1 aliphatic heterocycles. The summed E-state index contributed by atoms with van der Waals surface area (Å²) in [6.07, 6.45) is 0. The third-order valence-corrected chi connectivity index (χ3v) is 6.63. The van der Waals surface area contributed by atoms with E-state index in [1.54, 1.807) is 23.7 Å². The van der Waals surface area contributed by atoms with Gasteiger partial charge in [-0.2, -0.15) is 0 Å². The van der Waals surface area contributed by atoms with Crippen LogP contribution in [-0.2, 0) is 11.3 Å². The molecule has 1 aliphatic rings. The predicted octanol–water partition coefficient (Wildman–Crippen LogP) is 5.39. The van der Waals surface area contributed by atoms with Crippen LogP contribution < -0.4 is 4.90 Å². The largest absolute Gasteiger partial charge is 0.322 e. The zero-order valence-electron chi connectivity index (χ0n) is 16.5. The van der Waals surface area contributed by atoms with Gasteiger partial charge in [0.1, 0.15) is 5.37 Å². The van der Waals surface area contributed by atoms with Gasteiger partial charge in [-0.25, -0.2) is 0 Å². The number of nitrogens with zero attached hydrogens (tertiary/aromatic N) is 2. The highest BCUT2D eigenvalue weighted by Crippen LogP contribution is 2.39. The Hall–Kier alpha value is -2.76. The predicted molar refractivity (Wildman–Crippen MR) is 123 cm³/mol. The molecule has 0 N–H and O–H groups in total. The van der Waals surface area contributed by atoms with Gasteiger partial charge in [0, 0.05) is 29.9 Å². The van der Waals surface area contributed by atoms with Crippen molar-refractivity contribution in [1.82, 2.24) is 4.90 Å². The highest BCUT2D eigenvalue weighted by molar-refractivity contribution is 8.00. The highest BCUT2D eigenvalue weighted by atomic mass is 35.5. The van der Waals surface area contributed by atoms with Gasteiger partial charge in [0.05, 0.1) is 5.75 Å². The first-order valence-electron chi connectivity index (χ1n) is 9.61. The van der Waals surface area contributed by atoms with Crippen LogP contribution in [0.3, 0.4) is 0 Å². The molecular weight excluding hydrogens is 416 g/mol. The Morgan fingerprint density at radius 2 is 1.70 bits per heavy atom. The maximum absolute atomic E-state index is 12.8. The van der Waals surface area contributed by atoms with E-state index in [-0.39, 0.29) is 17.2 Å². The van der Waals surface area contributed by atoms with Crippen molar-refractivity contribution in [2.75, 3.05) is 17.7 Å². The van der Waals surface area contributed by atoms with Crippen LogP contribution in [0.2, 0.25) is 5.02 Å². The summed E-state index contributed by atoms with van der Waals surface area (Å²) in [7, 11) is 1.77. The number of thioether (sulfide) groups is 1. The summed E-state index contributed by atoms with van der Waals surface area (Å²) in [6, 6.07) is 24.7. The number of hydrogen-bond donors (Lipinski definition) is 0. The standard InChI is InChI=1S/C24H21ClN2O2S/c1-26(21-5-3-2-4-6-21)23(29)18-9-11-19(12-10-18)24-27(22(28)16-30-24)15-17-7-13-20(25)14-8-17/h2-14,24H,15-16H2,1H3/t24-/m0/s1. The van der Waals surface area contributed by atoms with Crippen LogP contribution in [0.25, 0.3) is 0 Å². The Labute approximate surface area is 185 Å². The van der Waals surface area contributed by atoms with Crippen LogP contribution >= 0.6 is 23.4 Å². The molecule has 2 amide bonds. The Morgan fingerprint density at radius 1 is 1.03 bits per heavy atom. The number of hydrogen-bond acceptors (Lipinski definition) is 3. The molecule has 0 aromatic heterocycles. The lowest BCUT2D eigenvalue weighted by molar-refractivity contribution is -0.128. The highest BCUT2D eigenvalue weighted by Gasteiger charge is 2.32. The first-order chi connectivity index (χ1) is 14.5. The van der Waals surface area contributed by atoms with E-state index in [0.29, 0.717) is 22.9 Å². The summed E-state index contributed by atoms with van der Waals surface area (Å²) < 4.78 is 0. The van der Waals surface area contributed by atoms with Crippen LogP contribution in [-0.4, -0.2) is 29.5 Å². The first kappa shape index (κ1) is 20.5. The monoisotopic (exact) mass is 436 g/mol. The second-order valence-corrected chi connectivity index (χ2v) is 8.64. The topological polar surface area (TPSA) is 40.6 Å². The second kappa shape index (κ2) is 8.94. The molecule has 1 atom stereocenters. The second-order valence-electron chi connectivity index (χ2n) is 7.13. The minimum Gasteiger partial charge on any atom is -0.322 e. The minimum absolute atomic E-state index is 0.0656. The van der Waals surface area contributed by atoms with Crippen molar-refractivity contribution in [3.05, 3.63) is 101 Å². The lowest BCUT2D eigenvalue weighted by Gasteiger charge is -2.25. The Bertz CT molecular complexity index is 1040. The Balaban J connectivity index is 1.50. The van der Waals surface area contributed by atoms with E-state index >= 15 is 0 Å². The summed E-state index contributed by atoms with van der Waals surface area (Å²) in [5.74, 6) is 0.500. The fourth-order valence-corrected chi connectivity index (χ4v) is 4.75. The van der Waals surface area contributed by atoms with Crippen LogP contribution in [0.5, 0.6) is 0 Å². The number of carbonyl (C=O) groups excluding carboxylic acids is 2. The third kappa shape index (κ3) is 4.37. The van der Waals surface area contributed by atoms with Gasteiger partial charge in [-0.15, -0.1) is 11.8 Å². The molecule has 4 nitrogen and oxygen atoms in total. The van der Waals surface area contributed by atoms with Gasteiger partial charge >= 0.3 is 0 Å². The SMILES string of the molecule is CN(C(=O)c1ccc([C@@H]2SCC(=O)N2Cc2ccc(Cl)cc2)cc1)c1ccccc1. The molecule has 0 aliphatic carbocycles. The zero-order valence-corrected chi connectivity index (χ0v) is 18.1. The molecule has 1 fully saturated rings. The molecule has 3 aromatic carbocycles. The molecule has 1 heterocycles. The molecule has 3 aromatic rings. The van der Waals surface area contributed by atoms with Crippen molar-refractivity contribution in [1.29, 1.82) is 0 Å². The summed E-state index contributed by atoms with van der Waals surface area (Å²) in [6.45, 7) is 0.533. The zero-order chi connectivity index (χ0) is 21.1. The molecule has 4 rings (SSSR count). The van der Waals surface area contributed by atoms with E-state index in [1.165, 1.54) is 0 Å². The van der Waals surface area contributed by atoms with Crippen LogP contribution in [0.4, 0.5) is 5.69 Å².